The fourth-order valence-electron chi connectivity index (χ4n) is 2.95. The number of alkyl halides is 3. The number of hydrogen-bond acceptors (Lipinski definition) is 3. The number of halogens is 3. The minimum atomic E-state index is -4.17. The van der Waals surface area contributed by atoms with E-state index in [-0.39, 0.29) is 31.2 Å². The molecule has 1 aromatic rings. The highest BCUT2D eigenvalue weighted by atomic mass is 19.4. The number of amides is 1. The van der Waals surface area contributed by atoms with Crippen molar-refractivity contribution >= 4 is 11.6 Å². The molecular formula is C17H23F3N2O2. The number of carbonyl (C=O) groups is 1. The van der Waals surface area contributed by atoms with Crippen molar-refractivity contribution in [1.29, 1.82) is 0 Å². The van der Waals surface area contributed by atoms with E-state index in [1.54, 1.807) is 7.11 Å². The lowest BCUT2D eigenvalue weighted by Crippen LogP contribution is -2.41. The van der Waals surface area contributed by atoms with Gasteiger partial charge in [-0.05, 0) is 43.5 Å². The lowest BCUT2D eigenvalue weighted by Gasteiger charge is -2.31. The first kappa shape index (κ1) is 18.4. The average molecular weight is 344 g/mol. The van der Waals surface area contributed by atoms with Crippen LogP contribution in [0.15, 0.2) is 24.3 Å². The molecule has 1 aromatic carbocycles. The number of nitrogens with one attached hydrogen (secondary N) is 2. The van der Waals surface area contributed by atoms with Crippen LogP contribution in [0.4, 0.5) is 18.9 Å². The van der Waals surface area contributed by atoms with E-state index in [4.69, 9.17) is 4.74 Å². The molecule has 24 heavy (non-hydrogen) atoms. The van der Waals surface area contributed by atoms with Crippen LogP contribution in [-0.4, -0.2) is 31.8 Å². The molecule has 0 aromatic heterocycles. The quantitative estimate of drug-likeness (QED) is 0.827. The molecule has 0 unspecified atom stereocenters. The maximum absolute atomic E-state index is 12.8. The molecule has 1 fully saturated rings. The zero-order valence-corrected chi connectivity index (χ0v) is 13.7. The van der Waals surface area contributed by atoms with Crippen molar-refractivity contribution in [2.24, 2.45) is 5.92 Å². The van der Waals surface area contributed by atoms with E-state index in [0.717, 1.165) is 11.4 Å². The summed E-state index contributed by atoms with van der Waals surface area (Å²) in [6.45, 7) is 0.424. The van der Waals surface area contributed by atoms with Crippen molar-refractivity contribution in [2.45, 2.75) is 44.3 Å². The van der Waals surface area contributed by atoms with Gasteiger partial charge in [0.25, 0.3) is 0 Å². The van der Waals surface area contributed by atoms with Gasteiger partial charge in [0.05, 0.1) is 13.0 Å². The average Bonchev–Trinajstić information content (AvgIpc) is 2.55. The van der Waals surface area contributed by atoms with Crippen LogP contribution in [0.25, 0.3) is 0 Å². The molecule has 0 saturated heterocycles. The molecule has 1 aliphatic carbocycles. The lowest BCUT2D eigenvalue weighted by atomic mass is 9.85. The van der Waals surface area contributed by atoms with Crippen LogP contribution in [0.2, 0.25) is 0 Å². The smallest absolute Gasteiger partial charge is 0.391 e. The second kappa shape index (κ2) is 8.26. The summed E-state index contributed by atoms with van der Waals surface area (Å²) in [5.41, 5.74) is 0.860. The molecule has 0 aliphatic heterocycles. The maximum Gasteiger partial charge on any atom is 0.391 e. The molecule has 4 nitrogen and oxygen atoms in total. The number of ether oxygens (including phenoxy) is 1. The minimum absolute atomic E-state index is 0.0127. The minimum Gasteiger partial charge on any atom is -0.497 e. The Morgan fingerprint density at radius 2 is 1.96 bits per heavy atom. The van der Waals surface area contributed by atoms with E-state index >= 15 is 0 Å². The second-order valence-corrected chi connectivity index (χ2v) is 6.07. The van der Waals surface area contributed by atoms with Crippen LogP contribution in [0.5, 0.6) is 5.75 Å². The standard InChI is InChI=1S/C17H23F3N2O2/c1-24-15-7-5-13(6-8-15)21-10-9-16(23)22-14-4-2-3-12(11-14)17(18,19)20/h5-8,12,14,21H,2-4,9-11H2,1H3,(H,22,23)/t12-,14-/m0/s1. The Bertz CT molecular complexity index is 532. The van der Waals surface area contributed by atoms with E-state index in [1.807, 2.05) is 24.3 Å². The normalized spacial score (nSPS) is 21.2. The molecule has 0 spiro atoms. The molecule has 2 atom stereocenters. The van der Waals surface area contributed by atoms with Crippen molar-refractivity contribution in [1.82, 2.24) is 5.32 Å². The van der Waals surface area contributed by atoms with Gasteiger partial charge in [-0.3, -0.25) is 4.79 Å². The van der Waals surface area contributed by atoms with Gasteiger partial charge in [0.1, 0.15) is 5.75 Å². The highest BCUT2D eigenvalue weighted by Gasteiger charge is 2.42. The molecular weight excluding hydrogens is 321 g/mol. The van der Waals surface area contributed by atoms with Gasteiger partial charge in [-0.2, -0.15) is 13.2 Å². The van der Waals surface area contributed by atoms with Crippen molar-refractivity contribution in [3.05, 3.63) is 24.3 Å². The van der Waals surface area contributed by atoms with Gasteiger partial charge in [0, 0.05) is 24.7 Å². The van der Waals surface area contributed by atoms with Crippen LogP contribution in [-0.2, 0) is 4.79 Å². The predicted octanol–water partition coefficient (Wildman–Crippen LogP) is 3.73. The number of hydrogen-bond donors (Lipinski definition) is 2. The largest absolute Gasteiger partial charge is 0.497 e. The molecule has 2 N–H and O–H groups in total. The van der Waals surface area contributed by atoms with Gasteiger partial charge in [0.2, 0.25) is 5.91 Å². The van der Waals surface area contributed by atoms with Gasteiger partial charge in [-0.25, -0.2) is 0 Å². The van der Waals surface area contributed by atoms with Gasteiger partial charge in [0.15, 0.2) is 0 Å². The van der Waals surface area contributed by atoms with Gasteiger partial charge < -0.3 is 15.4 Å². The van der Waals surface area contributed by atoms with Gasteiger partial charge in [-0.15, -0.1) is 0 Å². The zero-order chi connectivity index (χ0) is 17.6. The number of benzene rings is 1. The van der Waals surface area contributed by atoms with Gasteiger partial charge in [-0.1, -0.05) is 6.42 Å². The molecule has 1 aliphatic rings. The summed E-state index contributed by atoms with van der Waals surface area (Å²) in [4.78, 5) is 11.9. The van der Waals surface area contributed by atoms with Crippen LogP contribution >= 0.6 is 0 Å². The Hall–Kier alpha value is -1.92. The Labute approximate surface area is 139 Å². The van der Waals surface area contributed by atoms with E-state index in [0.29, 0.717) is 19.4 Å². The number of carbonyl (C=O) groups excluding carboxylic acids is 1. The molecule has 2 rings (SSSR count). The summed E-state index contributed by atoms with van der Waals surface area (Å²) in [6.07, 6.45) is -2.68. The molecule has 0 bridgehead atoms. The maximum atomic E-state index is 12.8. The number of anilines is 1. The number of rotatable bonds is 6. The Balaban J connectivity index is 1.70. The Morgan fingerprint density at radius 3 is 2.58 bits per heavy atom. The highest BCUT2D eigenvalue weighted by molar-refractivity contribution is 5.76. The summed E-state index contributed by atoms with van der Waals surface area (Å²) in [5.74, 6) is -0.771. The molecule has 1 saturated carbocycles. The van der Waals surface area contributed by atoms with Crippen LogP contribution in [0.1, 0.15) is 32.1 Å². The first-order valence-corrected chi connectivity index (χ1v) is 8.12. The van der Waals surface area contributed by atoms with Crippen molar-refractivity contribution < 1.29 is 22.7 Å². The van der Waals surface area contributed by atoms with Crippen LogP contribution in [0.3, 0.4) is 0 Å². The molecule has 0 radical (unpaired) electrons. The highest BCUT2D eigenvalue weighted by Crippen LogP contribution is 2.37. The Morgan fingerprint density at radius 1 is 1.25 bits per heavy atom. The van der Waals surface area contributed by atoms with Crippen molar-refractivity contribution in [2.75, 3.05) is 19.0 Å². The van der Waals surface area contributed by atoms with Crippen molar-refractivity contribution in [3.8, 4) is 5.75 Å². The van der Waals surface area contributed by atoms with E-state index in [1.165, 1.54) is 0 Å². The third-order valence-corrected chi connectivity index (χ3v) is 4.27. The molecule has 0 heterocycles. The second-order valence-electron chi connectivity index (χ2n) is 6.07. The summed E-state index contributed by atoms with van der Waals surface area (Å²) in [6, 6.07) is 6.92. The summed E-state index contributed by atoms with van der Waals surface area (Å²) < 4.78 is 43.4. The van der Waals surface area contributed by atoms with E-state index < -0.39 is 12.1 Å². The molecule has 1 amide bonds. The molecule has 134 valence electrons. The third-order valence-electron chi connectivity index (χ3n) is 4.27. The fraction of sp³-hybridized carbons (Fsp3) is 0.588. The topological polar surface area (TPSA) is 50.4 Å². The lowest BCUT2D eigenvalue weighted by molar-refractivity contribution is -0.184. The van der Waals surface area contributed by atoms with E-state index in [9.17, 15) is 18.0 Å². The zero-order valence-electron chi connectivity index (χ0n) is 13.7. The SMILES string of the molecule is COc1ccc(NCCC(=O)N[C@H]2CCC[C@H](C(F)(F)F)C2)cc1. The third kappa shape index (κ3) is 5.62. The van der Waals surface area contributed by atoms with Crippen LogP contribution in [0, 0.1) is 5.92 Å². The predicted molar refractivity (Wildman–Crippen MR) is 86.0 cm³/mol. The number of methoxy groups -OCH3 is 1. The summed E-state index contributed by atoms with van der Waals surface area (Å²) in [7, 11) is 1.58. The Kier molecular flexibility index (Phi) is 6.34. The van der Waals surface area contributed by atoms with E-state index in [2.05, 4.69) is 10.6 Å². The summed E-state index contributed by atoms with van der Waals surface area (Å²) in [5, 5.41) is 5.83. The van der Waals surface area contributed by atoms with Crippen molar-refractivity contribution in [3.63, 3.8) is 0 Å². The molecule has 7 heteroatoms. The monoisotopic (exact) mass is 344 g/mol. The fourth-order valence-corrected chi connectivity index (χ4v) is 2.95. The van der Waals surface area contributed by atoms with Crippen LogP contribution < -0.4 is 15.4 Å². The summed E-state index contributed by atoms with van der Waals surface area (Å²) >= 11 is 0. The first-order valence-electron chi connectivity index (χ1n) is 8.12. The van der Waals surface area contributed by atoms with Gasteiger partial charge >= 0.3 is 6.18 Å². The first-order chi connectivity index (χ1) is 11.4.